The van der Waals surface area contributed by atoms with Gasteiger partial charge in [-0.3, -0.25) is 4.90 Å². The molecule has 24 heavy (non-hydrogen) atoms. The minimum Gasteiger partial charge on any atom is -1.00 e. The van der Waals surface area contributed by atoms with Crippen LogP contribution in [0, 0.1) is 5.92 Å². The third kappa shape index (κ3) is 4.53. The monoisotopic (exact) mass is 442 g/mol. The van der Waals surface area contributed by atoms with Gasteiger partial charge < -0.3 is 28.5 Å². The zero-order chi connectivity index (χ0) is 16.1. The highest BCUT2D eigenvalue weighted by Gasteiger charge is 2.36. The average Bonchev–Trinajstić information content (AvgIpc) is 2.65. The number of rotatable bonds is 5. The van der Waals surface area contributed by atoms with Gasteiger partial charge in [-0.05, 0) is 38.2 Å². The van der Waals surface area contributed by atoms with Gasteiger partial charge in [-0.25, -0.2) is 0 Å². The molecule has 0 amide bonds. The maximum absolute atomic E-state index is 2.83. The molecule has 3 rings (SSSR count). The van der Waals surface area contributed by atoms with Crippen molar-refractivity contribution in [3.05, 3.63) is 35.9 Å². The molecule has 1 aromatic rings. The summed E-state index contributed by atoms with van der Waals surface area (Å²) < 4.78 is 1.32. The van der Waals surface area contributed by atoms with Gasteiger partial charge in [0, 0.05) is 19.1 Å². The number of piperazine rings is 1. The molecule has 2 fully saturated rings. The van der Waals surface area contributed by atoms with E-state index in [2.05, 4.69) is 49.1 Å². The number of halogens is 1. The van der Waals surface area contributed by atoms with Gasteiger partial charge in [0.2, 0.25) is 0 Å². The minimum absolute atomic E-state index is 0. The summed E-state index contributed by atoms with van der Waals surface area (Å²) in [6, 6.07) is 12.0. The lowest BCUT2D eigenvalue weighted by molar-refractivity contribution is -0.929. The molecule has 1 aliphatic carbocycles. The predicted octanol–water partition coefficient (Wildman–Crippen LogP) is 1.48. The molecule has 1 heterocycles. The maximum Gasteiger partial charge on any atom is 0.0916 e. The molecule has 0 bridgehead atoms. The molecule has 136 valence electrons. The second-order valence-corrected chi connectivity index (χ2v) is 7.71. The van der Waals surface area contributed by atoms with E-state index in [1.807, 2.05) is 0 Å². The topological polar surface area (TPSA) is 3.24 Å². The molecule has 2 aliphatic rings. The van der Waals surface area contributed by atoms with E-state index in [1.165, 1.54) is 75.9 Å². The highest BCUT2D eigenvalue weighted by atomic mass is 127. The fourth-order valence-electron chi connectivity index (χ4n) is 4.92. The zero-order valence-electron chi connectivity index (χ0n) is 15.6. The van der Waals surface area contributed by atoms with Gasteiger partial charge in [0.05, 0.1) is 26.2 Å². The van der Waals surface area contributed by atoms with Gasteiger partial charge >= 0.3 is 0 Å². The Morgan fingerprint density at radius 1 is 0.958 bits per heavy atom. The Labute approximate surface area is 166 Å². The number of nitrogens with zero attached hydrogens (tertiary/aromatic N) is 2. The molecule has 0 N–H and O–H groups in total. The van der Waals surface area contributed by atoms with Crippen LogP contribution in [-0.2, 0) is 0 Å². The molecule has 1 saturated heterocycles. The summed E-state index contributed by atoms with van der Waals surface area (Å²) in [6.07, 6.45) is 7.18. The van der Waals surface area contributed by atoms with Crippen molar-refractivity contribution in [3.63, 3.8) is 0 Å². The van der Waals surface area contributed by atoms with Crippen molar-refractivity contribution in [3.8, 4) is 0 Å². The van der Waals surface area contributed by atoms with Crippen LogP contribution in [0.25, 0.3) is 0 Å². The van der Waals surface area contributed by atoms with Crippen LogP contribution in [-0.4, -0.2) is 48.7 Å². The Hall–Kier alpha value is -0.130. The van der Waals surface area contributed by atoms with Crippen LogP contribution in [0.1, 0.15) is 57.6 Å². The molecule has 2 nitrogen and oxygen atoms in total. The van der Waals surface area contributed by atoms with E-state index in [9.17, 15) is 0 Å². The maximum atomic E-state index is 2.83. The molecule has 3 heteroatoms. The minimum atomic E-state index is 0. The third-order valence-corrected chi connectivity index (χ3v) is 6.70. The molecule has 0 aromatic heterocycles. The first-order valence-corrected chi connectivity index (χ1v) is 9.92. The summed E-state index contributed by atoms with van der Waals surface area (Å²) >= 11 is 0. The molecule has 1 aromatic carbocycles. The Balaban J connectivity index is 0.00000208. The Bertz CT molecular complexity index is 456. The van der Waals surface area contributed by atoms with E-state index in [4.69, 9.17) is 0 Å². The van der Waals surface area contributed by atoms with Crippen molar-refractivity contribution in [2.45, 2.75) is 52.0 Å². The number of hydrogen-bond acceptors (Lipinski definition) is 1. The predicted molar refractivity (Wildman–Crippen MR) is 98.4 cm³/mol. The first kappa shape index (κ1) is 20.2. The molecule has 0 radical (unpaired) electrons. The molecular weight excluding hydrogens is 407 g/mol. The molecule has 1 unspecified atom stereocenters. The van der Waals surface area contributed by atoms with Crippen LogP contribution in [0.2, 0.25) is 0 Å². The summed E-state index contributed by atoms with van der Waals surface area (Å²) in [5.74, 6) is 0.870. The van der Waals surface area contributed by atoms with Crippen LogP contribution in [0.3, 0.4) is 0 Å². The fraction of sp³-hybridized carbons (Fsp3) is 0.714. The summed E-state index contributed by atoms with van der Waals surface area (Å²) in [5.41, 5.74) is 1.56. The number of quaternary nitrogens is 1. The van der Waals surface area contributed by atoms with E-state index in [0.717, 1.165) is 5.92 Å². The molecule has 1 aliphatic heterocycles. The largest absolute Gasteiger partial charge is 1.00 e. The van der Waals surface area contributed by atoms with E-state index in [-0.39, 0.29) is 24.0 Å². The number of likely N-dealkylation sites (N-methyl/N-ethyl adjacent to an activating group) is 1. The van der Waals surface area contributed by atoms with Crippen molar-refractivity contribution in [1.29, 1.82) is 0 Å². The second kappa shape index (κ2) is 9.54. The van der Waals surface area contributed by atoms with Gasteiger partial charge in [-0.15, -0.1) is 0 Å². The van der Waals surface area contributed by atoms with Gasteiger partial charge in [0.25, 0.3) is 0 Å². The van der Waals surface area contributed by atoms with Gasteiger partial charge in [0.15, 0.2) is 0 Å². The highest BCUT2D eigenvalue weighted by Crippen LogP contribution is 2.39. The van der Waals surface area contributed by atoms with Gasteiger partial charge in [-0.1, -0.05) is 49.6 Å². The highest BCUT2D eigenvalue weighted by molar-refractivity contribution is 5.20. The van der Waals surface area contributed by atoms with E-state index >= 15 is 0 Å². The molecule has 1 saturated carbocycles. The Kier molecular flexibility index (Phi) is 8.02. The first-order valence-electron chi connectivity index (χ1n) is 9.92. The van der Waals surface area contributed by atoms with Crippen molar-refractivity contribution >= 4 is 0 Å². The summed E-state index contributed by atoms with van der Waals surface area (Å²) in [4.78, 5) is 2.83. The van der Waals surface area contributed by atoms with E-state index in [1.54, 1.807) is 5.56 Å². The SMILES string of the molecule is CC[N+]1(CC)CCN(C(c2ccccc2)C2CCCCC2)CC1.[I-]. The smallest absolute Gasteiger partial charge is 0.0916 e. The fourth-order valence-corrected chi connectivity index (χ4v) is 4.92. The number of benzene rings is 1. The van der Waals surface area contributed by atoms with Crippen LogP contribution in [0.15, 0.2) is 30.3 Å². The summed E-state index contributed by atoms with van der Waals surface area (Å²) in [5, 5.41) is 0. The lowest BCUT2D eigenvalue weighted by atomic mass is 9.80. The van der Waals surface area contributed by atoms with Crippen molar-refractivity contribution in [2.75, 3.05) is 39.3 Å². The average molecular weight is 442 g/mol. The molecule has 0 spiro atoms. The Morgan fingerprint density at radius 3 is 2.08 bits per heavy atom. The van der Waals surface area contributed by atoms with Crippen molar-refractivity contribution < 1.29 is 28.5 Å². The third-order valence-electron chi connectivity index (χ3n) is 6.70. The number of hydrogen-bond donors (Lipinski definition) is 0. The van der Waals surface area contributed by atoms with Gasteiger partial charge in [-0.2, -0.15) is 0 Å². The van der Waals surface area contributed by atoms with Crippen molar-refractivity contribution in [1.82, 2.24) is 4.90 Å². The van der Waals surface area contributed by atoms with Crippen LogP contribution < -0.4 is 24.0 Å². The quantitative estimate of drug-likeness (QED) is 0.494. The van der Waals surface area contributed by atoms with Crippen LogP contribution in [0.5, 0.6) is 0 Å². The van der Waals surface area contributed by atoms with Gasteiger partial charge in [0.1, 0.15) is 0 Å². The lowest BCUT2D eigenvalue weighted by Crippen LogP contribution is -3.00. The molecule has 1 atom stereocenters. The zero-order valence-corrected chi connectivity index (χ0v) is 17.7. The van der Waals surface area contributed by atoms with Crippen LogP contribution >= 0.6 is 0 Å². The van der Waals surface area contributed by atoms with Crippen LogP contribution in [0.4, 0.5) is 0 Å². The summed E-state index contributed by atoms with van der Waals surface area (Å²) in [6.45, 7) is 12.6. The first-order chi connectivity index (χ1) is 11.3. The summed E-state index contributed by atoms with van der Waals surface area (Å²) in [7, 11) is 0. The second-order valence-electron chi connectivity index (χ2n) is 7.71. The lowest BCUT2D eigenvalue weighted by Gasteiger charge is -2.48. The van der Waals surface area contributed by atoms with E-state index in [0.29, 0.717) is 6.04 Å². The normalized spacial score (nSPS) is 23.4. The van der Waals surface area contributed by atoms with E-state index < -0.39 is 0 Å². The molecular formula is C21H35IN2. The standard InChI is InChI=1S/C21H35N2.HI/c1-3-23(4-2)17-15-22(16-18-23)21(19-11-7-5-8-12-19)20-13-9-6-10-14-20;/h5,7-8,11-12,20-21H,3-4,6,9-10,13-18H2,1-2H3;1H/q+1;/p-1. The van der Waals surface area contributed by atoms with Crippen molar-refractivity contribution in [2.24, 2.45) is 5.92 Å². The Morgan fingerprint density at radius 2 is 1.54 bits per heavy atom.